The second-order valence-corrected chi connectivity index (χ2v) is 9.77. The Hall–Kier alpha value is -3.90. The Morgan fingerprint density at radius 2 is 1.59 bits per heavy atom. The minimum Gasteiger partial charge on any atom is -0.378 e. The smallest absolute Gasteiger partial charge is 0.141 e. The first kappa shape index (κ1) is 21.9. The molecule has 0 saturated heterocycles. The van der Waals surface area contributed by atoms with Gasteiger partial charge in [0.1, 0.15) is 11.4 Å². The van der Waals surface area contributed by atoms with Crippen LogP contribution in [0.1, 0.15) is 30.5 Å². The number of aromatic nitrogens is 2. The van der Waals surface area contributed by atoms with Gasteiger partial charge in [-0.3, -0.25) is 0 Å². The molecule has 0 spiro atoms. The number of aromatic amines is 1. The molecule has 34 heavy (non-hydrogen) atoms. The zero-order valence-electron chi connectivity index (χ0n) is 18.4. The Bertz CT molecular complexity index is 1750. The average Bonchev–Trinajstić information content (AvgIpc) is 3.26. The lowest BCUT2D eigenvalue weighted by Gasteiger charge is -2.08. The van der Waals surface area contributed by atoms with E-state index in [1.165, 1.54) is 0 Å². The number of hydrogen-bond donors (Lipinski definition) is 2. The number of aliphatic hydroxyl groups is 1. The summed E-state index contributed by atoms with van der Waals surface area (Å²) in [6, 6.07) is 21.6. The highest BCUT2D eigenvalue weighted by molar-refractivity contribution is 14.1. The summed E-state index contributed by atoms with van der Waals surface area (Å²) in [6.45, 7) is 3.31. The van der Waals surface area contributed by atoms with Crippen LogP contribution in [0.15, 0.2) is 54.6 Å². The van der Waals surface area contributed by atoms with Crippen molar-refractivity contribution in [1.82, 2.24) is 9.97 Å². The van der Waals surface area contributed by atoms with Gasteiger partial charge < -0.3 is 10.1 Å². The fraction of sp³-hybridized carbons (Fsp3) is 0.107. The van der Waals surface area contributed by atoms with E-state index in [0.29, 0.717) is 22.5 Å². The van der Waals surface area contributed by atoms with Gasteiger partial charge in [0.15, 0.2) is 0 Å². The summed E-state index contributed by atoms with van der Waals surface area (Å²) < 4.78 is 1.09. The second kappa shape index (κ2) is 8.15. The summed E-state index contributed by atoms with van der Waals surface area (Å²) in [4.78, 5) is 8.27. The number of benzene rings is 4. The van der Waals surface area contributed by atoms with Crippen LogP contribution in [0.25, 0.3) is 44.0 Å². The monoisotopic (exact) mass is 552 g/mol. The number of nitrogens with one attached hydrogen (secondary N) is 1. The van der Waals surface area contributed by atoms with Gasteiger partial charge in [0, 0.05) is 19.9 Å². The van der Waals surface area contributed by atoms with Crippen molar-refractivity contribution in [2.45, 2.75) is 19.4 Å². The van der Waals surface area contributed by atoms with Crippen LogP contribution < -0.4 is 0 Å². The molecule has 0 unspecified atom stereocenters. The maximum atomic E-state index is 10.0. The molecule has 0 aliphatic carbocycles. The number of nitrogens with zero attached hydrogens (tertiary/aromatic N) is 3. The van der Waals surface area contributed by atoms with Crippen LogP contribution in [0, 0.1) is 38.1 Å². The summed E-state index contributed by atoms with van der Waals surface area (Å²) >= 11 is 2.29. The van der Waals surface area contributed by atoms with Gasteiger partial charge in [-0.15, -0.1) is 0 Å². The molecule has 0 bridgehead atoms. The standard InChI is InChI=1S/C28H17IN4O/c1-28(2,34)11-10-16-6-8-20-22(12-16)23-13-19(29)7-9-21(23)26-25(20)32-27(33-26)24-17(14-30)4-3-5-18(24)15-31/h3-9,12-13,34H,1-2H3,(H,32,33). The van der Waals surface area contributed by atoms with Gasteiger partial charge in [-0.05, 0) is 83.6 Å². The van der Waals surface area contributed by atoms with Crippen molar-refractivity contribution in [2.24, 2.45) is 0 Å². The molecule has 0 atom stereocenters. The Labute approximate surface area is 209 Å². The summed E-state index contributed by atoms with van der Waals surface area (Å²) in [5.74, 6) is 6.43. The summed E-state index contributed by atoms with van der Waals surface area (Å²) in [5.41, 5.74) is 2.62. The molecule has 0 fully saturated rings. The van der Waals surface area contributed by atoms with Crippen LogP contribution in [0.3, 0.4) is 0 Å². The van der Waals surface area contributed by atoms with Gasteiger partial charge in [0.25, 0.3) is 0 Å². The fourth-order valence-electron chi connectivity index (χ4n) is 4.11. The summed E-state index contributed by atoms with van der Waals surface area (Å²) in [7, 11) is 0. The highest BCUT2D eigenvalue weighted by Gasteiger charge is 2.18. The highest BCUT2D eigenvalue weighted by Crippen LogP contribution is 2.37. The molecule has 6 heteroatoms. The van der Waals surface area contributed by atoms with Gasteiger partial charge in [0.05, 0.1) is 39.9 Å². The number of rotatable bonds is 1. The van der Waals surface area contributed by atoms with Crippen LogP contribution >= 0.6 is 22.6 Å². The van der Waals surface area contributed by atoms with Crippen LogP contribution in [0.5, 0.6) is 0 Å². The van der Waals surface area contributed by atoms with Crippen molar-refractivity contribution in [1.29, 1.82) is 10.5 Å². The molecule has 5 aromatic rings. The van der Waals surface area contributed by atoms with E-state index in [0.717, 1.165) is 41.7 Å². The van der Waals surface area contributed by atoms with E-state index in [4.69, 9.17) is 4.98 Å². The first-order chi connectivity index (χ1) is 16.3. The third kappa shape index (κ3) is 3.76. The number of hydrogen-bond acceptors (Lipinski definition) is 4. The quantitative estimate of drug-likeness (QED) is 0.151. The SMILES string of the molecule is CC(C)(O)C#Cc1ccc2c(c1)c1cc(I)ccc1c1nc(-c3c(C#N)cccc3C#N)[nH]c21. The Morgan fingerprint density at radius 3 is 2.26 bits per heavy atom. The lowest BCUT2D eigenvalue weighted by atomic mass is 9.98. The number of fused-ring (bicyclic) bond motifs is 6. The molecular formula is C28H17IN4O. The second-order valence-electron chi connectivity index (χ2n) is 8.52. The maximum Gasteiger partial charge on any atom is 0.141 e. The number of H-pyrrole nitrogens is 1. The van der Waals surface area contributed by atoms with Crippen LogP contribution in [0.4, 0.5) is 0 Å². The van der Waals surface area contributed by atoms with Crippen LogP contribution in [0.2, 0.25) is 0 Å². The zero-order valence-corrected chi connectivity index (χ0v) is 20.5. The Balaban J connectivity index is 1.88. The molecule has 0 saturated carbocycles. The molecule has 5 nitrogen and oxygen atoms in total. The molecule has 0 aliphatic rings. The van der Waals surface area contributed by atoms with Crippen molar-refractivity contribution in [3.63, 3.8) is 0 Å². The van der Waals surface area contributed by atoms with Crippen molar-refractivity contribution >= 4 is 55.2 Å². The first-order valence-corrected chi connectivity index (χ1v) is 11.6. The van der Waals surface area contributed by atoms with E-state index in [1.54, 1.807) is 32.0 Å². The predicted molar refractivity (Wildman–Crippen MR) is 142 cm³/mol. The largest absolute Gasteiger partial charge is 0.378 e. The van der Waals surface area contributed by atoms with Crippen molar-refractivity contribution < 1.29 is 5.11 Å². The molecule has 0 aliphatic heterocycles. The lowest BCUT2D eigenvalue weighted by molar-refractivity contribution is 0.143. The van der Waals surface area contributed by atoms with E-state index in [-0.39, 0.29) is 0 Å². The van der Waals surface area contributed by atoms with Gasteiger partial charge in [0.2, 0.25) is 0 Å². The Kier molecular flexibility index (Phi) is 5.25. The summed E-state index contributed by atoms with van der Waals surface area (Å²) in [6.07, 6.45) is 0. The highest BCUT2D eigenvalue weighted by atomic mass is 127. The zero-order chi connectivity index (χ0) is 24.0. The predicted octanol–water partition coefficient (Wildman–Crippen LogP) is 6.01. The van der Waals surface area contributed by atoms with Gasteiger partial charge >= 0.3 is 0 Å². The molecule has 0 amide bonds. The van der Waals surface area contributed by atoms with Crippen LogP contribution in [-0.4, -0.2) is 20.7 Å². The van der Waals surface area contributed by atoms with E-state index in [9.17, 15) is 15.6 Å². The first-order valence-electron chi connectivity index (χ1n) is 10.5. The molecule has 162 valence electrons. The number of halogens is 1. The van der Waals surface area contributed by atoms with E-state index < -0.39 is 5.60 Å². The normalized spacial score (nSPS) is 11.2. The minimum absolute atomic E-state index is 0.394. The maximum absolute atomic E-state index is 10.0. The van der Waals surface area contributed by atoms with Gasteiger partial charge in [-0.2, -0.15) is 10.5 Å². The molecule has 5 rings (SSSR count). The number of nitriles is 2. The molecule has 0 radical (unpaired) electrons. The number of imidazole rings is 1. The third-order valence-electron chi connectivity index (χ3n) is 5.57. The van der Waals surface area contributed by atoms with Crippen LogP contribution in [-0.2, 0) is 0 Å². The molecular weight excluding hydrogens is 535 g/mol. The third-order valence-corrected chi connectivity index (χ3v) is 6.25. The fourth-order valence-corrected chi connectivity index (χ4v) is 4.60. The molecule has 1 heterocycles. The van der Waals surface area contributed by atoms with E-state index in [2.05, 4.69) is 57.6 Å². The average molecular weight is 552 g/mol. The van der Waals surface area contributed by atoms with E-state index >= 15 is 0 Å². The van der Waals surface area contributed by atoms with Gasteiger partial charge in [-0.25, -0.2) is 4.98 Å². The van der Waals surface area contributed by atoms with Gasteiger partial charge in [-0.1, -0.05) is 30.0 Å². The minimum atomic E-state index is -1.08. The summed E-state index contributed by atoms with van der Waals surface area (Å²) in [5, 5.41) is 33.3. The molecule has 2 N–H and O–H groups in total. The van der Waals surface area contributed by atoms with Crippen molar-refractivity contribution in [2.75, 3.05) is 0 Å². The van der Waals surface area contributed by atoms with E-state index in [1.807, 2.05) is 30.3 Å². The topological polar surface area (TPSA) is 96.5 Å². The Morgan fingerprint density at radius 1 is 0.912 bits per heavy atom. The van der Waals surface area contributed by atoms with Crippen molar-refractivity contribution in [3.8, 4) is 35.4 Å². The van der Waals surface area contributed by atoms with Crippen molar-refractivity contribution in [3.05, 3.63) is 74.9 Å². The molecule has 4 aromatic carbocycles. The lowest BCUT2D eigenvalue weighted by Crippen LogP contribution is -2.14. The molecule has 1 aromatic heterocycles.